The fourth-order valence-electron chi connectivity index (χ4n) is 1.11. The highest BCUT2D eigenvalue weighted by Crippen LogP contribution is 2.06. The lowest BCUT2D eigenvalue weighted by Crippen LogP contribution is -2.15. The first-order valence-electron chi connectivity index (χ1n) is 4.89. The zero-order valence-electron chi connectivity index (χ0n) is 8.18. The molecule has 0 spiro atoms. The zero-order chi connectivity index (χ0) is 9.40. The number of Topliss-reactive ketones (excluding diaryl/α,β-unsaturated/α-hetero) is 1. The highest BCUT2D eigenvalue weighted by Gasteiger charge is 2.07. The van der Waals surface area contributed by atoms with Gasteiger partial charge in [-0.3, -0.25) is 4.79 Å². The van der Waals surface area contributed by atoms with Gasteiger partial charge >= 0.3 is 0 Å². The van der Waals surface area contributed by atoms with E-state index in [4.69, 9.17) is 5.11 Å². The number of rotatable bonds is 7. The molecule has 0 heterocycles. The van der Waals surface area contributed by atoms with Gasteiger partial charge in [-0.05, 0) is 13.3 Å². The monoisotopic (exact) mass is 172 g/mol. The summed E-state index contributed by atoms with van der Waals surface area (Å²) in [5, 5.41) is 8.87. The first-order chi connectivity index (χ1) is 5.68. The number of aliphatic hydroxyl groups excluding tert-OH is 1. The molecule has 0 bridgehead atoms. The molecule has 0 saturated heterocycles. The van der Waals surface area contributed by atoms with Crippen molar-refractivity contribution < 1.29 is 9.90 Å². The molecule has 1 unspecified atom stereocenters. The van der Waals surface area contributed by atoms with E-state index in [0.29, 0.717) is 6.42 Å². The Bertz CT molecular complexity index is 119. The van der Waals surface area contributed by atoms with Crippen molar-refractivity contribution in [1.29, 1.82) is 0 Å². The van der Waals surface area contributed by atoms with Gasteiger partial charge in [-0.2, -0.15) is 0 Å². The van der Waals surface area contributed by atoms with Gasteiger partial charge < -0.3 is 5.11 Å². The Morgan fingerprint density at radius 2 is 1.83 bits per heavy atom. The van der Waals surface area contributed by atoms with Crippen molar-refractivity contribution in [2.75, 3.05) is 0 Å². The van der Waals surface area contributed by atoms with Gasteiger partial charge in [0.2, 0.25) is 0 Å². The van der Waals surface area contributed by atoms with Gasteiger partial charge in [-0.1, -0.05) is 32.6 Å². The van der Waals surface area contributed by atoms with Crippen LogP contribution in [0.4, 0.5) is 0 Å². The molecule has 72 valence electrons. The Morgan fingerprint density at radius 1 is 1.25 bits per heavy atom. The molecule has 0 aliphatic heterocycles. The Hall–Kier alpha value is -0.370. The molecular weight excluding hydrogens is 152 g/mol. The predicted octanol–water partition coefficient (Wildman–Crippen LogP) is 2.30. The number of ketones is 1. The molecule has 12 heavy (non-hydrogen) atoms. The Balaban J connectivity index is 3.14. The molecule has 0 saturated carbocycles. The van der Waals surface area contributed by atoms with E-state index in [-0.39, 0.29) is 5.78 Å². The smallest absolute Gasteiger partial charge is 0.160 e. The van der Waals surface area contributed by atoms with E-state index in [1.165, 1.54) is 26.2 Å². The van der Waals surface area contributed by atoms with Gasteiger partial charge in [0, 0.05) is 6.42 Å². The molecule has 0 aromatic rings. The summed E-state index contributed by atoms with van der Waals surface area (Å²) >= 11 is 0. The van der Waals surface area contributed by atoms with Crippen LogP contribution >= 0.6 is 0 Å². The summed E-state index contributed by atoms with van der Waals surface area (Å²) in [7, 11) is 0. The van der Waals surface area contributed by atoms with E-state index >= 15 is 0 Å². The lowest BCUT2D eigenvalue weighted by molar-refractivity contribution is -0.126. The van der Waals surface area contributed by atoms with Crippen molar-refractivity contribution in [2.45, 2.75) is 58.5 Å². The average molecular weight is 172 g/mol. The standard InChI is InChI=1S/C10H20O2/c1-3-4-5-6-7-8-10(12)9(2)11/h9,11H,3-8H2,1-2H3. The molecule has 0 aromatic heterocycles. The van der Waals surface area contributed by atoms with Gasteiger partial charge in [-0.25, -0.2) is 0 Å². The van der Waals surface area contributed by atoms with Crippen LogP contribution in [0.5, 0.6) is 0 Å². The molecule has 0 aromatic carbocycles. The van der Waals surface area contributed by atoms with E-state index in [0.717, 1.165) is 12.8 Å². The van der Waals surface area contributed by atoms with Crippen LogP contribution in [0.2, 0.25) is 0 Å². The van der Waals surface area contributed by atoms with E-state index in [1.54, 1.807) is 0 Å². The van der Waals surface area contributed by atoms with Crippen LogP contribution in [0.3, 0.4) is 0 Å². The SMILES string of the molecule is CCCCCCCC(=O)C(C)O. The number of hydrogen-bond donors (Lipinski definition) is 1. The third kappa shape index (κ3) is 6.35. The second-order valence-electron chi connectivity index (χ2n) is 3.31. The molecular formula is C10H20O2. The second-order valence-corrected chi connectivity index (χ2v) is 3.31. The summed E-state index contributed by atoms with van der Waals surface area (Å²) in [4.78, 5) is 10.9. The third-order valence-electron chi connectivity index (χ3n) is 1.99. The van der Waals surface area contributed by atoms with Gasteiger partial charge in [0.05, 0.1) is 0 Å². The zero-order valence-corrected chi connectivity index (χ0v) is 8.18. The summed E-state index contributed by atoms with van der Waals surface area (Å²) in [6, 6.07) is 0. The minimum Gasteiger partial charge on any atom is -0.386 e. The van der Waals surface area contributed by atoms with E-state index < -0.39 is 6.10 Å². The van der Waals surface area contributed by atoms with Crippen LogP contribution in [-0.4, -0.2) is 17.0 Å². The molecule has 0 amide bonds. The van der Waals surface area contributed by atoms with Crippen LogP contribution in [0.1, 0.15) is 52.4 Å². The normalized spacial score (nSPS) is 12.9. The maximum absolute atomic E-state index is 10.9. The largest absolute Gasteiger partial charge is 0.386 e. The molecule has 2 heteroatoms. The second kappa shape index (κ2) is 7.29. The van der Waals surface area contributed by atoms with Crippen LogP contribution in [0.15, 0.2) is 0 Å². The third-order valence-corrected chi connectivity index (χ3v) is 1.99. The summed E-state index contributed by atoms with van der Waals surface area (Å²) in [5.41, 5.74) is 0. The van der Waals surface area contributed by atoms with E-state index in [1.807, 2.05) is 0 Å². The van der Waals surface area contributed by atoms with E-state index in [9.17, 15) is 4.79 Å². The highest BCUT2D eigenvalue weighted by molar-refractivity contribution is 5.82. The van der Waals surface area contributed by atoms with Crippen molar-refractivity contribution in [3.05, 3.63) is 0 Å². The van der Waals surface area contributed by atoms with Gasteiger partial charge in [0.15, 0.2) is 5.78 Å². The van der Waals surface area contributed by atoms with Gasteiger partial charge in [0.1, 0.15) is 6.10 Å². The minimum atomic E-state index is -0.767. The first kappa shape index (κ1) is 11.6. The Labute approximate surface area is 75.0 Å². The number of carbonyl (C=O) groups is 1. The maximum atomic E-state index is 10.9. The van der Waals surface area contributed by atoms with Crippen LogP contribution in [0.25, 0.3) is 0 Å². The lowest BCUT2D eigenvalue weighted by Gasteiger charge is -2.02. The average Bonchev–Trinajstić information content (AvgIpc) is 2.03. The number of unbranched alkanes of at least 4 members (excludes halogenated alkanes) is 4. The molecule has 0 aliphatic carbocycles. The van der Waals surface area contributed by atoms with Crippen molar-refractivity contribution in [1.82, 2.24) is 0 Å². The predicted molar refractivity (Wildman–Crippen MR) is 50.1 cm³/mol. The Morgan fingerprint density at radius 3 is 2.33 bits per heavy atom. The molecule has 0 radical (unpaired) electrons. The van der Waals surface area contributed by atoms with Crippen molar-refractivity contribution in [3.63, 3.8) is 0 Å². The van der Waals surface area contributed by atoms with Crippen LogP contribution in [-0.2, 0) is 4.79 Å². The van der Waals surface area contributed by atoms with Crippen LogP contribution in [0, 0.1) is 0 Å². The number of aliphatic hydroxyl groups is 1. The number of hydrogen-bond acceptors (Lipinski definition) is 2. The molecule has 0 rings (SSSR count). The highest BCUT2D eigenvalue weighted by atomic mass is 16.3. The molecule has 2 nitrogen and oxygen atoms in total. The summed E-state index contributed by atoms with van der Waals surface area (Å²) in [6.45, 7) is 3.70. The summed E-state index contributed by atoms with van der Waals surface area (Å²) < 4.78 is 0. The summed E-state index contributed by atoms with van der Waals surface area (Å²) in [6.07, 6.45) is 5.52. The fraction of sp³-hybridized carbons (Fsp3) is 0.900. The van der Waals surface area contributed by atoms with Gasteiger partial charge in [-0.15, -0.1) is 0 Å². The van der Waals surface area contributed by atoms with Crippen molar-refractivity contribution in [2.24, 2.45) is 0 Å². The first-order valence-corrected chi connectivity index (χ1v) is 4.89. The fourth-order valence-corrected chi connectivity index (χ4v) is 1.11. The van der Waals surface area contributed by atoms with Crippen molar-refractivity contribution in [3.8, 4) is 0 Å². The molecule has 1 atom stereocenters. The van der Waals surface area contributed by atoms with Gasteiger partial charge in [0.25, 0.3) is 0 Å². The molecule has 0 aliphatic rings. The quantitative estimate of drug-likeness (QED) is 0.598. The van der Waals surface area contributed by atoms with E-state index in [2.05, 4.69) is 6.92 Å². The van der Waals surface area contributed by atoms with Crippen LogP contribution < -0.4 is 0 Å². The lowest BCUT2D eigenvalue weighted by atomic mass is 10.1. The number of carbonyl (C=O) groups excluding carboxylic acids is 1. The maximum Gasteiger partial charge on any atom is 0.160 e. The van der Waals surface area contributed by atoms with Crippen molar-refractivity contribution >= 4 is 5.78 Å². The molecule has 1 N–H and O–H groups in total. The topological polar surface area (TPSA) is 37.3 Å². The summed E-state index contributed by atoms with van der Waals surface area (Å²) in [5.74, 6) is -0.0218. The molecule has 0 fully saturated rings. The minimum absolute atomic E-state index is 0.0218. The Kier molecular flexibility index (Phi) is 7.06.